The van der Waals surface area contributed by atoms with Gasteiger partial charge in [0.2, 0.25) is 0 Å². The van der Waals surface area contributed by atoms with Gasteiger partial charge >= 0.3 is 6.18 Å². The average molecular weight is 273 g/mol. The Balaban J connectivity index is 2.23. The lowest BCUT2D eigenvalue weighted by molar-refractivity contribution is -0.137. The minimum atomic E-state index is -4.45. The molecule has 0 atom stereocenters. The number of nitrogens with two attached hydrogens (primary N) is 1. The molecule has 0 spiro atoms. The molecular weight excluding hydrogens is 259 g/mol. The lowest BCUT2D eigenvalue weighted by Gasteiger charge is -2.21. The monoisotopic (exact) mass is 273 g/mol. The molecule has 19 heavy (non-hydrogen) atoms. The minimum absolute atomic E-state index is 0.119. The fourth-order valence-electron chi connectivity index (χ4n) is 2.14. The quantitative estimate of drug-likeness (QED) is 0.666. The van der Waals surface area contributed by atoms with E-state index in [1.54, 1.807) is 0 Å². The Labute approximate surface area is 108 Å². The molecule has 0 radical (unpaired) electrons. The van der Waals surface area contributed by atoms with Gasteiger partial charge in [0.25, 0.3) is 0 Å². The molecule has 0 unspecified atom stereocenters. The lowest BCUT2D eigenvalue weighted by Crippen LogP contribution is -2.24. The van der Waals surface area contributed by atoms with Gasteiger partial charge in [0.05, 0.1) is 5.56 Å². The first kappa shape index (κ1) is 13.9. The van der Waals surface area contributed by atoms with E-state index in [0.29, 0.717) is 26.1 Å². The summed E-state index contributed by atoms with van der Waals surface area (Å²) in [6.45, 7) is 0.994. The summed E-state index contributed by atoms with van der Waals surface area (Å²) in [5.74, 6) is -0.415. The highest BCUT2D eigenvalue weighted by Crippen LogP contribution is 2.32. The third kappa shape index (κ3) is 3.07. The molecule has 2 rings (SSSR count). The summed E-state index contributed by atoms with van der Waals surface area (Å²) in [6, 6.07) is 2.87. The molecule has 1 heterocycles. The van der Waals surface area contributed by atoms with Gasteiger partial charge in [-0.3, -0.25) is 4.79 Å². The van der Waals surface area contributed by atoms with E-state index in [9.17, 15) is 18.0 Å². The van der Waals surface area contributed by atoms with Crippen molar-refractivity contribution in [3.8, 4) is 0 Å². The van der Waals surface area contributed by atoms with Crippen molar-refractivity contribution in [2.45, 2.75) is 19.0 Å². The topological polar surface area (TPSA) is 52.3 Å². The number of ketones is 1. The smallest absolute Gasteiger partial charge is 0.398 e. The molecule has 2 N–H and O–H groups in total. The summed E-state index contributed by atoms with van der Waals surface area (Å²) in [4.78, 5) is 12.2. The van der Waals surface area contributed by atoms with E-state index in [2.05, 4.69) is 0 Å². The molecule has 1 aliphatic rings. The average Bonchev–Trinajstić information content (AvgIpc) is 2.38. The van der Waals surface area contributed by atoms with E-state index < -0.39 is 11.7 Å². The van der Waals surface area contributed by atoms with Gasteiger partial charge in [0.15, 0.2) is 5.78 Å². The largest absolute Gasteiger partial charge is 0.416 e. The first-order valence-electron chi connectivity index (χ1n) is 5.98. The van der Waals surface area contributed by atoms with Crippen molar-refractivity contribution in [2.24, 2.45) is 5.92 Å². The van der Waals surface area contributed by atoms with E-state index in [4.69, 9.17) is 10.5 Å². The summed E-state index contributed by atoms with van der Waals surface area (Å²) in [5, 5.41) is 0. The van der Waals surface area contributed by atoms with E-state index >= 15 is 0 Å². The first-order chi connectivity index (χ1) is 8.89. The number of carbonyl (C=O) groups excluding carboxylic acids is 1. The number of rotatable bonds is 2. The van der Waals surface area contributed by atoms with Gasteiger partial charge in [-0.25, -0.2) is 0 Å². The standard InChI is InChI=1S/C13H14F3NO2/c14-13(15,16)9-1-2-10(11(17)7-9)12(18)8-3-5-19-6-4-8/h1-2,7-8H,3-6,17H2. The molecule has 0 bridgehead atoms. The number of halogens is 3. The summed E-state index contributed by atoms with van der Waals surface area (Å²) >= 11 is 0. The van der Waals surface area contributed by atoms with Crippen molar-refractivity contribution in [3.63, 3.8) is 0 Å². The van der Waals surface area contributed by atoms with Crippen molar-refractivity contribution < 1.29 is 22.7 Å². The highest BCUT2D eigenvalue weighted by Gasteiger charge is 2.32. The number of nitrogen functional groups attached to an aromatic ring is 1. The third-order valence-corrected chi connectivity index (χ3v) is 3.24. The first-order valence-corrected chi connectivity index (χ1v) is 5.98. The maximum atomic E-state index is 12.5. The number of benzene rings is 1. The van der Waals surface area contributed by atoms with Crippen LogP contribution in [0.25, 0.3) is 0 Å². The predicted molar refractivity (Wildman–Crippen MR) is 63.7 cm³/mol. The number of ether oxygens (including phenoxy) is 1. The molecule has 3 nitrogen and oxygen atoms in total. The van der Waals surface area contributed by atoms with Crippen LogP contribution in [-0.2, 0) is 10.9 Å². The molecule has 0 aliphatic carbocycles. The molecule has 0 aromatic heterocycles. The van der Waals surface area contributed by atoms with Crippen LogP contribution in [0.5, 0.6) is 0 Å². The Morgan fingerprint density at radius 2 is 1.89 bits per heavy atom. The molecule has 104 valence electrons. The van der Waals surface area contributed by atoms with Gasteiger partial charge in [0, 0.05) is 30.4 Å². The molecule has 1 fully saturated rings. The Morgan fingerprint density at radius 1 is 1.26 bits per heavy atom. The fourth-order valence-corrected chi connectivity index (χ4v) is 2.14. The van der Waals surface area contributed by atoms with E-state index in [0.717, 1.165) is 18.2 Å². The van der Waals surface area contributed by atoms with Crippen molar-refractivity contribution in [1.29, 1.82) is 0 Å². The van der Waals surface area contributed by atoms with Crippen molar-refractivity contribution >= 4 is 11.5 Å². The Hall–Kier alpha value is -1.56. The SMILES string of the molecule is Nc1cc(C(F)(F)F)ccc1C(=O)C1CCOCC1. The Kier molecular flexibility index (Phi) is 3.80. The van der Waals surface area contributed by atoms with Gasteiger partial charge in [-0.2, -0.15) is 13.2 Å². The number of Topliss-reactive ketones (excluding diaryl/α,β-unsaturated/α-hetero) is 1. The van der Waals surface area contributed by atoms with Crippen LogP contribution in [0, 0.1) is 5.92 Å². The van der Waals surface area contributed by atoms with Gasteiger partial charge < -0.3 is 10.5 Å². The van der Waals surface area contributed by atoms with Crippen molar-refractivity contribution in [1.82, 2.24) is 0 Å². The van der Waals surface area contributed by atoms with Crippen LogP contribution < -0.4 is 5.73 Å². The van der Waals surface area contributed by atoms with Gasteiger partial charge in [-0.1, -0.05) is 0 Å². The van der Waals surface area contributed by atoms with Gasteiger partial charge in [-0.05, 0) is 31.0 Å². The number of hydrogen-bond acceptors (Lipinski definition) is 3. The van der Waals surface area contributed by atoms with Crippen LogP contribution in [0.15, 0.2) is 18.2 Å². The highest BCUT2D eigenvalue weighted by molar-refractivity contribution is 6.02. The molecule has 0 saturated carbocycles. The van der Waals surface area contributed by atoms with E-state index in [-0.39, 0.29) is 23.0 Å². The lowest BCUT2D eigenvalue weighted by atomic mass is 9.90. The maximum absolute atomic E-state index is 12.5. The van der Waals surface area contributed by atoms with Crippen LogP contribution in [0.1, 0.15) is 28.8 Å². The molecular formula is C13H14F3NO2. The zero-order chi connectivity index (χ0) is 14.0. The molecule has 1 saturated heterocycles. The fraction of sp³-hybridized carbons (Fsp3) is 0.462. The summed E-state index contributed by atoms with van der Waals surface area (Å²) in [6.07, 6.45) is -3.28. The van der Waals surface area contributed by atoms with Crippen molar-refractivity contribution in [2.75, 3.05) is 18.9 Å². The second-order valence-corrected chi connectivity index (χ2v) is 4.55. The zero-order valence-corrected chi connectivity index (χ0v) is 10.2. The normalized spacial score (nSPS) is 17.4. The molecule has 1 aromatic rings. The number of anilines is 1. The highest BCUT2D eigenvalue weighted by atomic mass is 19.4. The third-order valence-electron chi connectivity index (χ3n) is 3.24. The number of hydrogen-bond donors (Lipinski definition) is 1. The molecule has 1 aromatic carbocycles. The molecule has 6 heteroatoms. The number of carbonyl (C=O) groups is 1. The van der Waals surface area contributed by atoms with Crippen LogP contribution in [0.3, 0.4) is 0 Å². The second-order valence-electron chi connectivity index (χ2n) is 4.55. The van der Waals surface area contributed by atoms with E-state index in [1.807, 2.05) is 0 Å². The van der Waals surface area contributed by atoms with Crippen LogP contribution >= 0.6 is 0 Å². The van der Waals surface area contributed by atoms with Crippen molar-refractivity contribution in [3.05, 3.63) is 29.3 Å². The van der Waals surface area contributed by atoms with Crippen LogP contribution in [0.2, 0.25) is 0 Å². The maximum Gasteiger partial charge on any atom is 0.416 e. The summed E-state index contributed by atoms with van der Waals surface area (Å²) in [7, 11) is 0. The Morgan fingerprint density at radius 3 is 2.42 bits per heavy atom. The van der Waals surface area contributed by atoms with Crippen LogP contribution in [0.4, 0.5) is 18.9 Å². The second kappa shape index (κ2) is 5.21. The number of alkyl halides is 3. The minimum Gasteiger partial charge on any atom is -0.398 e. The van der Waals surface area contributed by atoms with Crippen LogP contribution in [-0.4, -0.2) is 19.0 Å². The summed E-state index contributed by atoms with van der Waals surface area (Å²) < 4.78 is 42.6. The Bertz CT molecular complexity index is 479. The predicted octanol–water partition coefficient (Wildman–Crippen LogP) is 2.90. The van der Waals surface area contributed by atoms with Gasteiger partial charge in [0.1, 0.15) is 0 Å². The molecule has 1 aliphatic heterocycles. The molecule has 0 amide bonds. The zero-order valence-electron chi connectivity index (χ0n) is 10.2. The summed E-state index contributed by atoms with van der Waals surface area (Å²) in [5.41, 5.74) is 4.78. The van der Waals surface area contributed by atoms with E-state index in [1.165, 1.54) is 0 Å². The van der Waals surface area contributed by atoms with Gasteiger partial charge in [-0.15, -0.1) is 0 Å².